The van der Waals surface area contributed by atoms with Gasteiger partial charge in [-0.3, -0.25) is 4.98 Å². The number of aromatic nitrogens is 1. The first-order chi connectivity index (χ1) is 10.3. The minimum atomic E-state index is -0.00213. The number of hydrogen-bond donors (Lipinski definition) is 2. The molecule has 1 aromatic carbocycles. The summed E-state index contributed by atoms with van der Waals surface area (Å²) in [5.41, 5.74) is 12.9. The molecule has 3 rings (SSSR count). The first-order valence-corrected chi connectivity index (χ1v) is 7.24. The predicted molar refractivity (Wildman–Crippen MR) is 86.2 cm³/mol. The monoisotopic (exact) mass is 281 g/mol. The standard InChI is InChI=1S/C16H19N5/c17-16(18)21-20-14-8-4-3-7-13(14)15-12-6-2-1-5-11(12)9-10-19-15/h1-2,5-6,9-10,13H,3-4,7-8H2,(H4,17,18,21)/b20-14-/t13-/m0/s1. The summed E-state index contributed by atoms with van der Waals surface area (Å²) in [6.07, 6.45) is 6.13. The Hall–Kier alpha value is -2.43. The Kier molecular flexibility index (Phi) is 3.81. The Labute approximate surface area is 123 Å². The van der Waals surface area contributed by atoms with Crippen LogP contribution >= 0.6 is 0 Å². The molecule has 1 fully saturated rings. The van der Waals surface area contributed by atoms with Gasteiger partial charge in [0.15, 0.2) is 0 Å². The Morgan fingerprint density at radius 1 is 1.14 bits per heavy atom. The highest BCUT2D eigenvalue weighted by molar-refractivity contribution is 5.96. The van der Waals surface area contributed by atoms with Crippen molar-refractivity contribution in [3.8, 4) is 0 Å². The van der Waals surface area contributed by atoms with Crippen molar-refractivity contribution in [1.82, 2.24) is 4.98 Å². The number of benzene rings is 1. The van der Waals surface area contributed by atoms with E-state index < -0.39 is 0 Å². The van der Waals surface area contributed by atoms with Crippen LogP contribution in [-0.4, -0.2) is 16.7 Å². The fourth-order valence-electron chi connectivity index (χ4n) is 2.95. The van der Waals surface area contributed by atoms with Crippen LogP contribution in [-0.2, 0) is 0 Å². The van der Waals surface area contributed by atoms with Crippen molar-refractivity contribution < 1.29 is 0 Å². The summed E-state index contributed by atoms with van der Waals surface area (Å²) >= 11 is 0. The molecule has 21 heavy (non-hydrogen) atoms. The third-order valence-corrected chi connectivity index (χ3v) is 3.91. The molecule has 0 amide bonds. The van der Waals surface area contributed by atoms with Crippen molar-refractivity contribution >= 4 is 22.4 Å². The largest absolute Gasteiger partial charge is 0.369 e. The van der Waals surface area contributed by atoms with Crippen LogP contribution in [0, 0.1) is 0 Å². The highest BCUT2D eigenvalue weighted by Crippen LogP contribution is 2.33. The zero-order valence-corrected chi connectivity index (χ0v) is 11.9. The molecule has 0 aliphatic heterocycles. The number of hydrogen-bond acceptors (Lipinski definition) is 3. The molecule has 5 nitrogen and oxygen atoms in total. The minimum Gasteiger partial charge on any atom is -0.369 e. The van der Waals surface area contributed by atoms with Crippen molar-refractivity contribution in [2.75, 3.05) is 0 Å². The molecule has 1 atom stereocenters. The molecule has 4 N–H and O–H groups in total. The molecule has 2 aromatic rings. The van der Waals surface area contributed by atoms with Crippen molar-refractivity contribution in [2.24, 2.45) is 21.7 Å². The van der Waals surface area contributed by atoms with Gasteiger partial charge in [-0.25, -0.2) is 0 Å². The third kappa shape index (κ3) is 2.86. The second kappa shape index (κ2) is 5.91. The van der Waals surface area contributed by atoms with Crippen LogP contribution in [0.4, 0.5) is 0 Å². The van der Waals surface area contributed by atoms with Gasteiger partial charge in [-0.05, 0) is 30.7 Å². The molecule has 1 saturated carbocycles. The molecule has 1 aliphatic carbocycles. The first kappa shape index (κ1) is 13.5. The average Bonchev–Trinajstić information content (AvgIpc) is 2.53. The van der Waals surface area contributed by atoms with Gasteiger partial charge < -0.3 is 11.5 Å². The van der Waals surface area contributed by atoms with Gasteiger partial charge in [-0.15, -0.1) is 5.10 Å². The molecular formula is C16H19N5. The topological polar surface area (TPSA) is 89.7 Å². The summed E-state index contributed by atoms with van der Waals surface area (Å²) in [6.45, 7) is 0. The van der Waals surface area contributed by atoms with E-state index in [0.29, 0.717) is 0 Å². The molecule has 0 unspecified atom stereocenters. The highest BCUT2D eigenvalue weighted by atomic mass is 15.3. The molecule has 1 heterocycles. The van der Waals surface area contributed by atoms with Crippen LogP contribution in [0.5, 0.6) is 0 Å². The Morgan fingerprint density at radius 2 is 2.00 bits per heavy atom. The lowest BCUT2D eigenvalue weighted by atomic mass is 9.83. The normalized spacial score (nSPS) is 20.6. The van der Waals surface area contributed by atoms with E-state index in [2.05, 4.69) is 27.3 Å². The van der Waals surface area contributed by atoms with Gasteiger partial charge in [0.05, 0.1) is 5.69 Å². The molecule has 0 bridgehead atoms. The summed E-state index contributed by atoms with van der Waals surface area (Å²) in [5.74, 6) is 0.200. The zero-order chi connectivity index (χ0) is 14.7. The van der Waals surface area contributed by atoms with E-state index >= 15 is 0 Å². The molecular weight excluding hydrogens is 262 g/mol. The SMILES string of the molecule is NC(N)=N/N=C1/CCCC[C@@H]1c1nccc2ccccc12. The number of pyridine rings is 1. The van der Waals surface area contributed by atoms with Gasteiger partial charge in [0.1, 0.15) is 0 Å². The van der Waals surface area contributed by atoms with Gasteiger partial charge in [0, 0.05) is 23.2 Å². The van der Waals surface area contributed by atoms with E-state index in [-0.39, 0.29) is 11.9 Å². The molecule has 0 spiro atoms. The van der Waals surface area contributed by atoms with E-state index in [1.54, 1.807) is 0 Å². The smallest absolute Gasteiger partial charge is 0.211 e. The van der Waals surface area contributed by atoms with Crippen molar-refractivity contribution in [1.29, 1.82) is 0 Å². The summed E-state index contributed by atoms with van der Waals surface area (Å²) in [7, 11) is 0. The summed E-state index contributed by atoms with van der Waals surface area (Å²) in [5, 5.41) is 10.5. The molecule has 0 radical (unpaired) electrons. The lowest BCUT2D eigenvalue weighted by molar-refractivity contribution is 0.604. The molecule has 108 valence electrons. The Balaban J connectivity index is 2.06. The number of fused-ring (bicyclic) bond motifs is 1. The maximum Gasteiger partial charge on any atom is 0.211 e. The van der Waals surface area contributed by atoms with E-state index in [4.69, 9.17) is 11.5 Å². The minimum absolute atomic E-state index is 0.00213. The zero-order valence-electron chi connectivity index (χ0n) is 11.9. The fraction of sp³-hybridized carbons (Fsp3) is 0.312. The molecule has 5 heteroatoms. The lowest BCUT2D eigenvalue weighted by Crippen LogP contribution is -2.23. The van der Waals surface area contributed by atoms with Crippen molar-refractivity contribution in [2.45, 2.75) is 31.6 Å². The lowest BCUT2D eigenvalue weighted by Gasteiger charge is -2.24. The van der Waals surface area contributed by atoms with Crippen LogP contribution < -0.4 is 11.5 Å². The van der Waals surface area contributed by atoms with Crippen LogP contribution in [0.2, 0.25) is 0 Å². The third-order valence-electron chi connectivity index (χ3n) is 3.91. The second-order valence-corrected chi connectivity index (χ2v) is 5.33. The average molecular weight is 281 g/mol. The van der Waals surface area contributed by atoms with E-state index in [0.717, 1.165) is 30.7 Å². The highest BCUT2D eigenvalue weighted by Gasteiger charge is 2.25. The fourth-order valence-corrected chi connectivity index (χ4v) is 2.95. The van der Waals surface area contributed by atoms with Gasteiger partial charge >= 0.3 is 0 Å². The maximum atomic E-state index is 5.39. The molecule has 1 aliphatic rings. The van der Waals surface area contributed by atoms with Crippen LogP contribution in [0.15, 0.2) is 46.7 Å². The first-order valence-electron chi connectivity index (χ1n) is 7.24. The summed E-state index contributed by atoms with van der Waals surface area (Å²) in [6, 6.07) is 10.3. The quantitative estimate of drug-likeness (QED) is 0.503. The summed E-state index contributed by atoms with van der Waals surface area (Å²) in [4.78, 5) is 4.62. The van der Waals surface area contributed by atoms with Crippen LogP contribution in [0.25, 0.3) is 10.8 Å². The van der Waals surface area contributed by atoms with Gasteiger partial charge in [-0.1, -0.05) is 30.7 Å². The van der Waals surface area contributed by atoms with Crippen LogP contribution in [0.3, 0.4) is 0 Å². The van der Waals surface area contributed by atoms with E-state index in [1.165, 1.54) is 17.2 Å². The second-order valence-electron chi connectivity index (χ2n) is 5.33. The number of guanidine groups is 1. The van der Waals surface area contributed by atoms with E-state index in [9.17, 15) is 0 Å². The molecule has 0 saturated heterocycles. The van der Waals surface area contributed by atoms with Crippen LogP contribution in [0.1, 0.15) is 37.3 Å². The van der Waals surface area contributed by atoms with Crippen molar-refractivity contribution in [3.05, 3.63) is 42.2 Å². The number of rotatable bonds is 2. The predicted octanol–water partition coefficient (Wildman–Crippen LogP) is 2.52. The molecule has 1 aromatic heterocycles. The van der Waals surface area contributed by atoms with E-state index in [1.807, 2.05) is 24.4 Å². The van der Waals surface area contributed by atoms with Gasteiger partial charge in [0.25, 0.3) is 0 Å². The Morgan fingerprint density at radius 3 is 2.86 bits per heavy atom. The number of nitrogens with zero attached hydrogens (tertiary/aromatic N) is 3. The maximum absolute atomic E-state index is 5.39. The number of nitrogens with two attached hydrogens (primary N) is 2. The van der Waals surface area contributed by atoms with Gasteiger partial charge in [-0.2, -0.15) is 5.10 Å². The Bertz CT molecular complexity index is 695. The van der Waals surface area contributed by atoms with Crippen molar-refractivity contribution in [3.63, 3.8) is 0 Å². The van der Waals surface area contributed by atoms with Gasteiger partial charge in [0.2, 0.25) is 5.96 Å². The summed E-state index contributed by atoms with van der Waals surface area (Å²) < 4.78 is 0.